The van der Waals surface area contributed by atoms with Crippen molar-refractivity contribution >= 4 is 28.5 Å². The molecule has 0 fully saturated rings. The van der Waals surface area contributed by atoms with Crippen molar-refractivity contribution in [2.24, 2.45) is 5.73 Å². The summed E-state index contributed by atoms with van der Waals surface area (Å²) in [5.74, 6) is 0.832. The number of hydrogen-bond donors (Lipinski definition) is 2. The summed E-state index contributed by atoms with van der Waals surface area (Å²) in [5, 5.41) is 8.12. The Labute approximate surface area is 162 Å². The summed E-state index contributed by atoms with van der Waals surface area (Å²) in [6.07, 6.45) is 1.86. The van der Waals surface area contributed by atoms with Crippen LogP contribution in [0.2, 0.25) is 0 Å². The SMILES string of the molecule is CN(CCNc1ccc2ncc(-c3ccc(CN)s3)n2n1)c1ccccc1. The van der Waals surface area contributed by atoms with Gasteiger partial charge in [-0.25, -0.2) is 9.50 Å². The first-order valence-electron chi connectivity index (χ1n) is 8.88. The molecule has 1 aromatic carbocycles. The van der Waals surface area contributed by atoms with Gasteiger partial charge in [-0.05, 0) is 36.4 Å². The fraction of sp³-hybridized carbons (Fsp3) is 0.200. The van der Waals surface area contributed by atoms with Gasteiger partial charge in [-0.2, -0.15) is 0 Å². The van der Waals surface area contributed by atoms with E-state index in [2.05, 4.69) is 58.6 Å². The Morgan fingerprint density at radius 2 is 1.96 bits per heavy atom. The quantitative estimate of drug-likeness (QED) is 0.515. The first kappa shape index (κ1) is 17.5. The van der Waals surface area contributed by atoms with Gasteiger partial charge in [0.1, 0.15) is 11.5 Å². The summed E-state index contributed by atoms with van der Waals surface area (Å²) < 4.78 is 1.88. The molecule has 0 radical (unpaired) electrons. The molecule has 7 heteroatoms. The lowest BCUT2D eigenvalue weighted by molar-refractivity contribution is 0.888. The molecule has 0 aliphatic heterocycles. The van der Waals surface area contributed by atoms with Gasteiger partial charge < -0.3 is 16.0 Å². The van der Waals surface area contributed by atoms with Crippen LogP contribution in [0.15, 0.2) is 60.8 Å². The van der Waals surface area contributed by atoms with Gasteiger partial charge >= 0.3 is 0 Å². The maximum absolute atomic E-state index is 5.73. The van der Waals surface area contributed by atoms with Gasteiger partial charge in [-0.1, -0.05) is 18.2 Å². The molecule has 0 aliphatic carbocycles. The van der Waals surface area contributed by atoms with Crippen molar-refractivity contribution in [3.05, 3.63) is 65.7 Å². The van der Waals surface area contributed by atoms with Gasteiger partial charge in [0.2, 0.25) is 0 Å². The average molecular weight is 379 g/mol. The molecular formula is C20H22N6S. The van der Waals surface area contributed by atoms with E-state index in [-0.39, 0.29) is 0 Å². The molecule has 4 rings (SSSR count). The summed E-state index contributed by atoms with van der Waals surface area (Å²) in [6, 6.07) is 18.4. The normalized spacial score (nSPS) is 11.0. The number of benzene rings is 1. The Morgan fingerprint density at radius 1 is 1.11 bits per heavy atom. The topological polar surface area (TPSA) is 71.5 Å². The summed E-state index contributed by atoms with van der Waals surface area (Å²) in [5.41, 5.74) is 8.75. The molecule has 138 valence electrons. The molecule has 3 aromatic heterocycles. The summed E-state index contributed by atoms with van der Waals surface area (Å²) in [6.45, 7) is 2.23. The molecule has 0 saturated carbocycles. The standard InChI is InChI=1S/C20H22N6S/c1-25(15-5-3-2-4-6-15)12-11-22-19-9-10-20-23-14-17(26(20)24-19)18-8-7-16(13-21)27-18/h2-10,14H,11-13,21H2,1H3,(H,22,24). The van der Waals surface area contributed by atoms with E-state index in [9.17, 15) is 0 Å². The molecule has 6 nitrogen and oxygen atoms in total. The van der Waals surface area contributed by atoms with E-state index in [0.717, 1.165) is 40.0 Å². The predicted octanol–water partition coefficient (Wildman–Crippen LogP) is 3.46. The maximum Gasteiger partial charge on any atom is 0.154 e. The van der Waals surface area contributed by atoms with E-state index in [4.69, 9.17) is 10.8 Å². The van der Waals surface area contributed by atoms with Crippen molar-refractivity contribution in [3.63, 3.8) is 0 Å². The van der Waals surface area contributed by atoms with Crippen molar-refractivity contribution in [2.75, 3.05) is 30.4 Å². The molecule has 27 heavy (non-hydrogen) atoms. The van der Waals surface area contributed by atoms with E-state index in [1.165, 1.54) is 5.69 Å². The van der Waals surface area contributed by atoms with Gasteiger partial charge in [0, 0.05) is 37.2 Å². The number of hydrogen-bond acceptors (Lipinski definition) is 6. The largest absolute Gasteiger partial charge is 0.373 e. The number of nitrogens with zero attached hydrogens (tertiary/aromatic N) is 4. The highest BCUT2D eigenvalue weighted by molar-refractivity contribution is 7.15. The Balaban J connectivity index is 1.47. The van der Waals surface area contributed by atoms with E-state index < -0.39 is 0 Å². The minimum atomic E-state index is 0.552. The van der Waals surface area contributed by atoms with Gasteiger partial charge in [-0.3, -0.25) is 0 Å². The molecule has 0 atom stereocenters. The number of nitrogens with one attached hydrogen (secondary N) is 1. The van der Waals surface area contributed by atoms with Crippen molar-refractivity contribution in [1.29, 1.82) is 0 Å². The number of imidazole rings is 1. The average Bonchev–Trinajstić information content (AvgIpc) is 3.34. The molecule has 0 spiro atoms. The minimum absolute atomic E-state index is 0.552. The smallest absolute Gasteiger partial charge is 0.154 e. The fourth-order valence-electron chi connectivity index (χ4n) is 2.92. The van der Waals surface area contributed by atoms with Crippen LogP contribution in [0.4, 0.5) is 11.5 Å². The fourth-order valence-corrected chi connectivity index (χ4v) is 3.81. The number of likely N-dealkylation sites (N-methyl/N-ethyl adjacent to an activating group) is 1. The maximum atomic E-state index is 5.73. The Hall–Kier alpha value is -2.90. The van der Waals surface area contributed by atoms with Gasteiger partial charge in [0.05, 0.1) is 11.1 Å². The molecule has 0 saturated heterocycles. The molecule has 3 N–H and O–H groups in total. The van der Waals surface area contributed by atoms with Crippen LogP contribution in [0.3, 0.4) is 0 Å². The zero-order chi connectivity index (χ0) is 18.6. The van der Waals surface area contributed by atoms with Crippen LogP contribution in [0, 0.1) is 0 Å². The lowest BCUT2D eigenvalue weighted by Crippen LogP contribution is -2.25. The summed E-state index contributed by atoms with van der Waals surface area (Å²) in [4.78, 5) is 8.95. The molecule has 0 amide bonds. The predicted molar refractivity (Wildman–Crippen MR) is 112 cm³/mol. The third-order valence-corrected chi connectivity index (χ3v) is 5.56. The second-order valence-electron chi connectivity index (χ2n) is 6.29. The van der Waals surface area contributed by atoms with Crippen LogP contribution in [0.1, 0.15) is 4.88 Å². The first-order chi connectivity index (χ1) is 13.2. The van der Waals surface area contributed by atoms with Crippen LogP contribution in [-0.4, -0.2) is 34.7 Å². The number of anilines is 2. The lowest BCUT2D eigenvalue weighted by Gasteiger charge is -2.19. The monoisotopic (exact) mass is 378 g/mol. The van der Waals surface area contributed by atoms with Crippen molar-refractivity contribution in [2.45, 2.75) is 6.54 Å². The van der Waals surface area contributed by atoms with Crippen LogP contribution < -0.4 is 16.0 Å². The van der Waals surface area contributed by atoms with Gasteiger partial charge in [-0.15, -0.1) is 16.4 Å². The zero-order valence-corrected chi connectivity index (χ0v) is 16.0. The van der Waals surface area contributed by atoms with Gasteiger partial charge in [0.25, 0.3) is 0 Å². The highest BCUT2D eigenvalue weighted by atomic mass is 32.1. The third kappa shape index (κ3) is 3.79. The van der Waals surface area contributed by atoms with Crippen LogP contribution >= 0.6 is 11.3 Å². The summed E-state index contributed by atoms with van der Waals surface area (Å²) in [7, 11) is 2.09. The number of nitrogens with two attached hydrogens (primary N) is 1. The number of para-hydroxylation sites is 1. The molecule has 0 aliphatic rings. The van der Waals surface area contributed by atoms with Crippen LogP contribution in [0.5, 0.6) is 0 Å². The number of rotatable bonds is 7. The first-order valence-corrected chi connectivity index (χ1v) is 9.70. The molecule has 0 bridgehead atoms. The molecule has 3 heterocycles. The molecular weight excluding hydrogens is 356 g/mol. The molecule has 4 aromatic rings. The Kier molecular flexibility index (Phi) is 5.04. The Morgan fingerprint density at radius 3 is 2.74 bits per heavy atom. The second kappa shape index (κ2) is 7.77. The van der Waals surface area contributed by atoms with Crippen LogP contribution in [-0.2, 0) is 6.54 Å². The minimum Gasteiger partial charge on any atom is -0.373 e. The Bertz CT molecular complexity index is 1020. The van der Waals surface area contributed by atoms with Crippen molar-refractivity contribution in [3.8, 4) is 10.6 Å². The van der Waals surface area contributed by atoms with Crippen molar-refractivity contribution < 1.29 is 0 Å². The van der Waals surface area contributed by atoms with Crippen LogP contribution in [0.25, 0.3) is 16.2 Å². The van der Waals surface area contributed by atoms with Gasteiger partial charge in [0.15, 0.2) is 5.65 Å². The van der Waals surface area contributed by atoms with E-state index >= 15 is 0 Å². The summed E-state index contributed by atoms with van der Waals surface area (Å²) >= 11 is 1.68. The lowest BCUT2D eigenvalue weighted by atomic mass is 10.3. The molecule has 0 unspecified atom stereocenters. The number of thiophene rings is 1. The number of fused-ring (bicyclic) bond motifs is 1. The zero-order valence-electron chi connectivity index (χ0n) is 15.2. The highest BCUT2D eigenvalue weighted by Crippen LogP contribution is 2.28. The highest BCUT2D eigenvalue weighted by Gasteiger charge is 2.10. The van der Waals surface area contributed by atoms with E-state index in [1.54, 1.807) is 11.3 Å². The van der Waals surface area contributed by atoms with E-state index in [1.807, 2.05) is 28.9 Å². The van der Waals surface area contributed by atoms with Crippen molar-refractivity contribution in [1.82, 2.24) is 14.6 Å². The second-order valence-corrected chi connectivity index (χ2v) is 7.45. The number of aromatic nitrogens is 3. The third-order valence-electron chi connectivity index (χ3n) is 4.43. The van der Waals surface area contributed by atoms with E-state index in [0.29, 0.717) is 6.54 Å².